The molecule has 0 fully saturated rings. The van der Waals surface area contributed by atoms with Gasteiger partial charge in [0.25, 0.3) is 0 Å². The van der Waals surface area contributed by atoms with Gasteiger partial charge >= 0.3 is 0 Å². The lowest BCUT2D eigenvalue weighted by molar-refractivity contribution is 0.415. The van der Waals surface area contributed by atoms with Gasteiger partial charge in [-0.3, -0.25) is 4.98 Å². The minimum atomic E-state index is 0.458. The number of benzene rings is 2. The van der Waals surface area contributed by atoms with E-state index in [9.17, 15) is 0 Å². The van der Waals surface area contributed by atoms with Crippen LogP contribution >= 0.6 is 0 Å². The van der Waals surface area contributed by atoms with Gasteiger partial charge in [-0.2, -0.15) is 5.26 Å². The molecular formula is C20H14N6O. The molecule has 1 N–H and O–H groups in total. The molecule has 2 aromatic heterocycles. The smallest absolute Gasteiger partial charge is 0.182 e. The molecular weight excluding hydrogens is 340 g/mol. The van der Waals surface area contributed by atoms with Gasteiger partial charge in [-0.15, -0.1) is 0 Å². The van der Waals surface area contributed by atoms with Crippen molar-refractivity contribution in [3.63, 3.8) is 0 Å². The highest BCUT2D eigenvalue weighted by molar-refractivity contribution is 5.93. The predicted octanol–water partition coefficient (Wildman–Crippen LogP) is 3.71. The fourth-order valence-electron chi connectivity index (χ4n) is 2.66. The molecule has 0 amide bonds. The van der Waals surface area contributed by atoms with Crippen LogP contribution in [0.1, 0.15) is 5.56 Å². The molecule has 0 saturated heterocycles. The van der Waals surface area contributed by atoms with Crippen LogP contribution in [0.15, 0.2) is 61.1 Å². The summed E-state index contributed by atoms with van der Waals surface area (Å²) in [5.41, 5.74) is 2.63. The zero-order chi connectivity index (χ0) is 18.6. The van der Waals surface area contributed by atoms with Crippen LogP contribution < -0.4 is 10.1 Å². The molecule has 7 heteroatoms. The van der Waals surface area contributed by atoms with E-state index in [2.05, 4.69) is 31.3 Å². The van der Waals surface area contributed by atoms with Gasteiger partial charge in [0.05, 0.1) is 30.5 Å². The molecule has 2 heterocycles. The van der Waals surface area contributed by atoms with Crippen LogP contribution in [0.3, 0.4) is 0 Å². The van der Waals surface area contributed by atoms with E-state index in [0.29, 0.717) is 28.6 Å². The number of hydrogen-bond donors (Lipinski definition) is 1. The Hall–Kier alpha value is -4.05. The lowest BCUT2D eigenvalue weighted by Gasteiger charge is -2.12. The summed E-state index contributed by atoms with van der Waals surface area (Å²) in [6.45, 7) is 0. The number of fused-ring (bicyclic) bond motifs is 1. The summed E-state index contributed by atoms with van der Waals surface area (Å²) < 4.78 is 5.33. The number of rotatable bonds is 4. The monoisotopic (exact) mass is 354 g/mol. The Morgan fingerprint density at radius 1 is 1.07 bits per heavy atom. The third-order valence-corrected chi connectivity index (χ3v) is 3.95. The van der Waals surface area contributed by atoms with Crippen molar-refractivity contribution in [2.24, 2.45) is 0 Å². The Kier molecular flexibility index (Phi) is 4.29. The van der Waals surface area contributed by atoms with Gasteiger partial charge in [-0.1, -0.05) is 6.07 Å². The minimum Gasteiger partial charge on any atom is -0.497 e. The van der Waals surface area contributed by atoms with Crippen LogP contribution in [-0.4, -0.2) is 27.0 Å². The lowest BCUT2D eigenvalue weighted by Crippen LogP contribution is -2.01. The number of ether oxygens (including phenoxy) is 1. The summed E-state index contributed by atoms with van der Waals surface area (Å²) in [6.07, 6.45) is 4.81. The van der Waals surface area contributed by atoms with Crippen LogP contribution in [-0.2, 0) is 0 Å². The normalized spacial score (nSPS) is 10.4. The van der Waals surface area contributed by atoms with Crippen molar-refractivity contribution in [2.75, 3.05) is 12.4 Å². The van der Waals surface area contributed by atoms with Crippen molar-refractivity contribution in [1.29, 1.82) is 5.26 Å². The highest BCUT2D eigenvalue weighted by Gasteiger charge is 2.12. The quantitative estimate of drug-likeness (QED) is 0.596. The Balaban J connectivity index is 1.88. The molecule has 0 aliphatic heterocycles. The van der Waals surface area contributed by atoms with Crippen molar-refractivity contribution in [1.82, 2.24) is 19.9 Å². The molecule has 27 heavy (non-hydrogen) atoms. The number of nitriles is 1. The summed E-state index contributed by atoms with van der Waals surface area (Å²) in [6, 6.07) is 14.9. The first kappa shape index (κ1) is 16.4. The largest absolute Gasteiger partial charge is 0.497 e. The molecule has 0 atom stereocenters. The maximum Gasteiger partial charge on any atom is 0.182 e. The fourth-order valence-corrected chi connectivity index (χ4v) is 2.66. The zero-order valence-electron chi connectivity index (χ0n) is 14.4. The third-order valence-electron chi connectivity index (χ3n) is 3.95. The van der Waals surface area contributed by atoms with E-state index in [1.807, 2.05) is 30.3 Å². The van der Waals surface area contributed by atoms with Crippen molar-refractivity contribution in [2.45, 2.75) is 0 Å². The first-order chi connectivity index (χ1) is 13.3. The number of methoxy groups -OCH3 is 1. The van der Waals surface area contributed by atoms with Gasteiger partial charge in [-0.25, -0.2) is 15.0 Å². The van der Waals surface area contributed by atoms with Crippen molar-refractivity contribution in [3.8, 4) is 23.3 Å². The number of aromatic nitrogens is 4. The second kappa shape index (κ2) is 7.06. The van der Waals surface area contributed by atoms with Gasteiger partial charge in [0.2, 0.25) is 0 Å². The highest BCUT2D eigenvalue weighted by atomic mass is 16.5. The summed E-state index contributed by atoms with van der Waals surface area (Å²) in [7, 11) is 1.61. The lowest BCUT2D eigenvalue weighted by atomic mass is 10.2. The fraction of sp³-hybridized carbons (Fsp3) is 0.0500. The molecule has 0 aliphatic rings. The van der Waals surface area contributed by atoms with Gasteiger partial charge in [0.1, 0.15) is 17.3 Å². The summed E-state index contributed by atoms with van der Waals surface area (Å²) >= 11 is 0. The first-order valence-electron chi connectivity index (χ1n) is 8.16. The Bertz CT molecular complexity index is 1150. The maximum absolute atomic E-state index is 9.13. The topological polar surface area (TPSA) is 96.6 Å². The van der Waals surface area contributed by atoms with E-state index < -0.39 is 0 Å². The van der Waals surface area contributed by atoms with E-state index >= 15 is 0 Å². The van der Waals surface area contributed by atoms with E-state index in [1.165, 1.54) is 0 Å². The van der Waals surface area contributed by atoms with E-state index in [-0.39, 0.29) is 0 Å². The number of nitrogens with one attached hydrogen (secondary N) is 1. The second-order valence-corrected chi connectivity index (χ2v) is 5.69. The molecule has 130 valence electrons. The van der Waals surface area contributed by atoms with Gasteiger partial charge in [-0.05, 0) is 36.4 Å². The highest BCUT2D eigenvalue weighted by Crippen LogP contribution is 2.29. The van der Waals surface area contributed by atoms with Gasteiger partial charge < -0.3 is 10.1 Å². The summed E-state index contributed by atoms with van der Waals surface area (Å²) in [4.78, 5) is 17.6. The Morgan fingerprint density at radius 3 is 2.78 bits per heavy atom. The predicted molar refractivity (Wildman–Crippen MR) is 102 cm³/mol. The van der Waals surface area contributed by atoms with Crippen LogP contribution in [0.2, 0.25) is 0 Å². The average Bonchev–Trinajstić information content (AvgIpc) is 2.74. The third kappa shape index (κ3) is 3.37. The summed E-state index contributed by atoms with van der Waals surface area (Å²) in [5.74, 6) is 1.75. The molecule has 0 radical (unpaired) electrons. The van der Waals surface area contributed by atoms with E-state index in [0.717, 1.165) is 16.6 Å². The second-order valence-electron chi connectivity index (χ2n) is 5.69. The molecule has 2 aromatic carbocycles. The van der Waals surface area contributed by atoms with Gasteiger partial charge in [0, 0.05) is 23.5 Å². The van der Waals surface area contributed by atoms with Crippen LogP contribution in [0.4, 0.5) is 11.5 Å². The number of nitrogens with zero attached hydrogens (tertiary/aromatic N) is 5. The summed E-state index contributed by atoms with van der Waals surface area (Å²) in [5, 5.41) is 13.2. The molecule has 7 nitrogen and oxygen atoms in total. The molecule has 4 aromatic rings. The van der Waals surface area contributed by atoms with Crippen molar-refractivity contribution >= 4 is 22.4 Å². The zero-order valence-corrected chi connectivity index (χ0v) is 14.4. The molecule has 0 unspecified atom stereocenters. The molecule has 4 rings (SSSR count). The SMILES string of the molecule is COc1ccc2nc(-c3cnccn3)nc(Nc3cccc(C#N)c3)c2c1. The van der Waals surface area contributed by atoms with Crippen LogP contribution in [0, 0.1) is 11.3 Å². The van der Waals surface area contributed by atoms with Crippen LogP contribution in [0.25, 0.3) is 22.4 Å². The number of hydrogen-bond acceptors (Lipinski definition) is 7. The molecule has 0 saturated carbocycles. The minimum absolute atomic E-state index is 0.458. The number of anilines is 2. The molecule has 0 spiro atoms. The van der Waals surface area contributed by atoms with Crippen LogP contribution in [0.5, 0.6) is 5.75 Å². The maximum atomic E-state index is 9.13. The standard InChI is InChI=1S/C20H14N6O/c1-27-15-5-6-17-16(10-15)19(24-14-4-2-3-13(9-14)11-21)26-20(25-17)18-12-22-7-8-23-18/h2-10,12H,1H3,(H,24,25,26). The molecule has 0 aliphatic carbocycles. The Labute approximate surface area is 155 Å². The van der Waals surface area contributed by atoms with E-state index in [4.69, 9.17) is 10.00 Å². The van der Waals surface area contributed by atoms with E-state index in [1.54, 1.807) is 37.8 Å². The Morgan fingerprint density at radius 2 is 2.00 bits per heavy atom. The first-order valence-corrected chi connectivity index (χ1v) is 8.16. The van der Waals surface area contributed by atoms with Crippen molar-refractivity contribution < 1.29 is 4.74 Å². The van der Waals surface area contributed by atoms with Crippen molar-refractivity contribution in [3.05, 3.63) is 66.6 Å². The average molecular weight is 354 g/mol. The van der Waals surface area contributed by atoms with Gasteiger partial charge in [0.15, 0.2) is 5.82 Å². The molecule has 0 bridgehead atoms.